The van der Waals surface area contributed by atoms with Crippen LogP contribution < -0.4 is 5.73 Å². The Balaban J connectivity index is 2.38. The minimum absolute atomic E-state index is 0.143. The average molecular weight is 335 g/mol. The first-order valence-electron chi connectivity index (χ1n) is 5.64. The summed E-state index contributed by atoms with van der Waals surface area (Å²) in [6, 6.07) is 4.23. The van der Waals surface area contributed by atoms with Crippen molar-refractivity contribution in [2.75, 3.05) is 18.9 Å². The van der Waals surface area contributed by atoms with Gasteiger partial charge in [0.15, 0.2) is 0 Å². The molecule has 0 bridgehead atoms. The van der Waals surface area contributed by atoms with Crippen LogP contribution in [0.1, 0.15) is 12.8 Å². The van der Waals surface area contributed by atoms with Crippen LogP contribution in [-0.4, -0.2) is 37.0 Å². The van der Waals surface area contributed by atoms with Crippen molar-refractivity contribution in [3.05, 3.63) is 22.7 Å². The molecule has 0 saturated carbocycles. The third-order valence-electron chi connectivity index (χ3n) is 3.11. The van der Waals surface area contributed by atoms with E-state index in [1.807, 2.05) is 0 Å². The molecule has 5 nitrogen and oxygen atoms in total. The standard InChI is InChI=1S/C11H15BrN2O3S/c12-10-6-9(3-4-11(10)13)18(16,17)14-5-1-2-8(14)7-15/h3-4,6,8,15H,1-2,5,7,13H2/t8-/m1/s1. The number of hydrogen-bond donors (Lipinski definition) is 2. The Kier molecular flexibility index (Phi) is 3.96. The molecule has 1 aliphatic heterocycles. The summed E-state index contributed by atoms with van der Waals surface area (Å²) in [6.07, 6.45) is 1.48. The highest BCUT2D eigenvalue weighted by Crippen LogP contribution is 2.29. The minimum atomic E-state index is -3.55. The highest BCUT2D eigenvalue weighted by atomic mass is 79.9. The molecule has 100 valence electrons. The summed E-state index contributed by atoms with van der Waals surface area (Å²) in [5.74, 6) is 0. The van der Waals surface area contributed by atoms with E-state index in [-0.39, 0.29) is 17.5 Å². The Morgan fingerprint density at radius 1 is 1.50 bits per heavy atom. The molecule has 1 aromatic rings. The van der Waals surface area contributed by atoms with Gasteiger partial charge in [0.2, 0.25) is 10.0 Å². The van der Waals surface area contributed by atoms with Gasteiger partial charge in [-0.05, 0) is 47.0 Å². The highest BCUT2D eigenvalue weighted by molar-refractivity contribution is 9.10. The summed E-state index contributed by atoms with van der Waals surface area (Å²) in [7, 11) is -3.55. The molecule has 1 aromatic carbocycles. The molecule has 1 aliphatic rings. The molecule has 0 radical (unpaired) electrons. The van der Waals surface area contributed by atoms with Crippen molar-refractivity contribution in [2.24, 2.45) is 0 Å². The van der Waals surface area contributed by atoms with Gasteiger partial charge in [0, 0.05) is 22.7 Å². The SMILES string of the molecule is Nc1ccc(S(=O)(=O)N2CCC[C@@H]2CO)cc1Br. The topological polar surface area (TPSA) is 83.6 Å². The molecule has 2 rings (SSSR count). The van der Waals surface area contributed by atoms with Gasteiger partial charge in [-0.3, -0.25) is 0 Å². The normalized spacial score (nSPS) is 21.3. The summed E-state index contributed by atoms with van der Waals surface area (Å²) in [6.45, 7) is 0.310. The predicted octanol–water partition coefficient (Wildman–Crippen LogP) is 1.18. The van der Waals surface area contributed by atoms with Gasteiger partial charge in [0.25, 0.3) is 0 Å². The summed E-state index contributed by atoms with van der Waals surface area (Å²) >= 11 is 3.22. The zero-order valence-electron chi connectivity index (χ0n) is 9.71. The van der Waals surface area contributed by atoms with Crippen molar-refractivity contribution in [3.63, 3.8) is 0 Å². The van der Waals surface area contributed by atoms with Crippen LogP contribution in [0.2, 0.25) is 0 Å². The number of halogens is 1. The molecule has 1 fully saturated rings. The minimum Gasteiger partial charge on any atom is -0.398 e. The van der Waals surface area contributed by atoms with Crippen LogP contribution in [-0.2, 0) is 10.0 Å². The molecule has 3 N–H and O–H groups in total. The number of anilines is 1. The van der Waals surface area contributed by atoms with Gasteiger partial charge in [-0.25, -0.2) is 8.42 Å². The number of hydrogen-bond acceptors (Lipinski definition) is 4. The van der Waals surface area contributed by atoms with E-state index in [2.05, 4.69) is 15.9 Å². The molecule has 0 unspecified atom stereocenters. The Hall–Kier alpha value is -0.630. The van der Waals surface area contributed by atoms with E-state index in [0.29, 0.717) is 23.1 Å². The number of benzene rings is 1. The van der Waals surface area contributed by atoms with Gasteiger partial charge in [0.1, 0.15) is 0 Å². The van der Waals surface area contributed by atoms with Crippen molar-refractivity contribution >= 4 is 31.6 Å². The maximum atomic E-state index is 12.4. The first kappa shape index (κ1) is 13.8. The highest BCUT2D eigenvalue weighted by Gasteiger charge is 2.34. The van der Waals surface area contributed by atoms with Crippen molar-refractivity contribution in [2.45, 2.75) is 23.8 Å². The van der Waals surface area contributed by atoms with Crippen LogP contribution in [0.3, 0.4) is 0 Å². The molecular weight excluding hydrogens is 320 g/mol. The van der Waals surface area contributed by atoms with E-state index < -0.39 is 10.0 Å². The molecule has 0 amide bonds. The number of sulfonamides is 1. The molecule has 0 aliphatic carbocycles. The summed E-state index contributed by atoms with van der Waals surface area (Å²) in [4.78, 5) is 0.198. The second kappa shape index (κ2) is 5.16. The Morgan fingerprint density at radius 2 is 2.22 bits per heavy atom. The van der Waals surface area contributed by atoms with Crippen molar-refractivity contribution < 1.29 is 13.5 Å². The number of nitrogens with two attached hydrogens (primary N) is 1. The molecule has 7 heteroatoms. The number of nitrogens with zero attached hydrogens (tertiary/aromatic N) is 1. The lowest BCUT2D eigenvalue weighted by Gasteiger charge is -2.22. The van der Waals surface area contributed by atoms with Crippen LogP contribution in [0.15, 0.2) is 27.6 Å². The number of rotatable bonds is 3. The molecule has 1 saturated heterocycles. The molecular formula is C11H15BrN2O3S. The van der Waals surface area contributed by atoms with Gasteiger partial charge in [-0.1, -0.05) is 0 Å². The Morgan fingerprint density at radius 3 is 2.83 bits per heavy atom. The largest absolute Gasteiger partial charge is 0.398 e. The van der Waals surface area contributed by atoms with Gasteiger partial charge < -0.3 is 10.8 Å². The van der Waals surface area contributed by atoms with Crippen molar-refractivity contribution in [1.82, 2.24) is 4.31 Å². The van der Waals surface area contributed by atoms with E-state index >= 15 is 0 Å². The molecule has 0 aromatic heterocycles. The van der Waals surface area contributed by atoms with E-state index in [9.17, 15) is 13.5 Å². The van der Waals surface area contributed by atoms with Gasteiger partial charge >= 0.3 is 0 Å². The lowest BCUT2D eigenvalue weighted by molar-refractivity contribution is 0.213. The average Bonchev–Trinajstić information content (AvgIpc) is 2.81. The van der Waals surface area contributed by atoms with Gasteiger partial charge in [0.05, 0.1) is 11.5 Å². The van der Waals surface area contributed by atoms with Crippen LogP contribution in [0.5, 0.6) is 0 Å². The smallest absolute Gasteiger partial charge is 0.243 e. The van der Waals surface area contributed by atoms with Crippen molar-refractivity contribution in [3.8, 4) is 0 Å². The second-order valence-corrected chi connectivity index (χ2v) is 7.02. The van der Waals surface area contributed by atoms with Crippen LogP contribution in [0, 0.1) is 0 Å². The molecule has 1 atom stereocenters. The lowest BCUT2D eigenvalue weighted by Crippen LogP contribution is -2.37. The number of aliphatic hydroxyl groups excluding tert-OH is 1. The van der Waals surface area contributed by atoms with E-state index in [4.69, 9.17) is 5.73 Å². The zero-order chi connectivity index (χ0) is 13.3. The van der Waals surface area contributed by atoms with E-state index in [0.717, 1.165) is 6.42 Å². The van der Waals surface area contributed by atoms with Crippen LogP contribution >= 0.6 is 15.9 Å². The molecule has 0 spiro atoms. The first-order valence-corrected chi connectivity index (χ1v) is 7.88. The fraction of sp³-hybridized carbons (Fsp3) is 0.455. The third-order valence-corrected chi connectivity index (χ3v) is 5.75. The lowest BCUT2D eigenvalue weighted by atomic mass is 10.2. The van der Waals surface area contributed by atoms with E-state index in [1.165, 1.54) is 16.4 Å². The summed E-state index contributed by atoms with van der Waals surface area (Å²) < 4.78 is 26.8. The van der Waals surface area contributed by atoms with Gasteiger partial charge in [-0.15, -0.1) is 0 Å². The first-order chi connectivity index (χ1) is 8.46. The Bertz CT molecular complexity index is 547. The summed E-state index contributed by atoms with van der Waals surface area (Å²) in [5.41, 5.74) is 6.14. The van der Waals surface area contributed by atoms with Crippen molar-refractivity contribution in [1.29, 1.82) is 0 Å². The number of aliphatic hydroxyl groups is 1. The maximum Gasteiger partial charge on any atom is 0.243 e. The van der Waals surface area contributed by atoms with E-state index in [1.54, 1.807) is 6.07 Å². The molecule has 1 heterocycles. The fourth-order valence-corrected chi connectivity index (χ4v) is 4.35. The maximum absolute atomic E-state index is 12.4. The van der Waals surface area contributed by atoms with Crippen LogP contribution in [0.4, 0.5) is 5.69 Å². The molecule has 18 heavy (non-hydrogen) atoms. The van der Waals surface area contributed by atoms with Crippen LogP contribution in [0.25, 0.3) is 0 Å². The summed E-state index contributed by atoms with van der Waals surface area (Å²) in [5, 5.41) is 9.21. The van der Waals surface area contributed by atoms with Gasteiger partial charge in [-0.2, -0.15) is 4.31 Å². The number of nitrogen functional groups attached to an aromatic ring is 1. The fourth-order valence-electron chi connectivity index (χ4n) is 2.11. The third kappa shape index (κ3) is 2.40. The second-order valence-electron chi connectivity index (χ2n) is 4.28. The zero-order valence-corrected chi connectivity index (χ0v) is 12.1. The predicted molar refractivity (Wildman–Crippen MR) is 72.6 cm³/mol. The monoisotopic (exact) mass is 334 g/mol. The Labute approximate surface area is 115 Å². The quantitative estimate of drug-likeness (QED) is 0.813.